The normalized spacial score (nSPS) is 20.4. The van der Waals surface area contributed by atoms with Crippen LogP contribution in [0, 0.1) is 18.6 Å². The SMILES string of the molecule is COc1c(F)ccc2c1[C@@H](F)[C@H](F)[C@H]2Nc1nccc2cc(-c3c4c(nc(CCc5ccc(F)cc5)c3-c3nnc(C)o3)[C@@H]3CCCN3C4=O)sc12. The van der Waals surface area contributed by atoms with Crippen LogP contribution in [0.4, 0.5) is 23.4 Å². The zero-order valence-electron chi connectivity index (χ0n) is 27.9. The quantitative estimate of drug-likeness (QED) is 0.156. The van der Waals surface area contributed by atoms with Gasteiger partial charge >= 0.3 is 0 Å². The van der Waals surface area contributed by atoms with Crippen molar-refractivity contribution >= 4 is 33.1 Å². The third kappa shape index (κ3) is 5.06. The average molecular weight is 727 g/mol. The highest BCUT2D eigenvalue weighted by molar-refractivity contribution is 7.23. The third-order valence-electron chi connectivity index (χ3n) is 10.2. The number of alkyl halides is 2. The zero-order valence-corrected chi connectivity index (χ0v) is 28.7. The smallest absolute Gasteiger partial charge is 0.257 e. The molecule has 52 heavy (non-hydrogen) atoms. The van der Waals surface area contributed by atoms with E-state index in [4.69, 9.17) is 14.1 Å². The van der Waals surface area contributed by atoms with Gasteiger partial charge in [0.15, 0.2) is 23.9 Å². The van der Waals surface area contributed by atoms with E-state index in [1.165, 1.54) is 36.6 Å². The lowest BCUT2D eigenvalue weighted by Gasteiger charge is -2.18. The van der Waals surface area contributed by atoms with Gasteiger partial charge in [0.05, 0.1) is 46.4 Å². The zero-order chi connectivity index (χ0) is 35.8. The molecule has 1 aliphatic carbocycles. The van der Waals surface area contributed by atoms with Crippen molar-refractivity contribution in [2.75, 3.05) is 19.0 Å². The first-order valence-corrected chi connectivity index (χ1v) is 17.8. The molecule has 1 N–H and O–H groups in total. The molecule has 0 saturated carbocycles. The fourth-order valence-corrected chi connectivity index (χ4v) is 9.03. The summed E-state index contributed by atoms with van der Waals surface area (Å²) in [5.41, 5.74) is 3.96. The number of nitrogens with one attached hydrogen (secondary N) is 1. The number of methoxy groups -OCH3 is 1. The number of aromatic nitrogens is 4. The number of aryl methyl sites for hydroxylation is 3. The summed E-state index contributed by atoms with van der Waals surface area (Å²) in [6.07, 6.45) is 0.0502. The van der Waals surface area contributed by atoms with Crippen molar-refractivity contribution in [2.45, 2.75) is 57.0 Å². The van der Waals surface area contributed by atoms with Gasteiger partial charge in [0.25, 0.3) is 5.91 Å². The fraction of sp³-hybridized carbons (Fsp3) is 0.289. The highest BCUT2D eigenvalue weighted by Gasteiger charge is 2.46. The topological polar surface area (TPSA) is 106 Å². The van der Waals surface area contributed by atoms with Crippen molar-refractivity contribution in [2.24, 2.45) is 0 Å². The Morgan fingerprint density at radius 1 is 1.04 bits per heavy atom. The summed E-state index contributed by atoms with van der Waals surface area (Å²) in [4.78, 5) is 26.4. The Kier molecular flexibility index (Phi) is 7.75. The van der Waals surface area contributed by atoms with Gasteiger partial charge in [0.1, 0.15) is 11.6 Å². The first-order chi connectivity index (χ1) is 25.2. The number of pyridine rings is 2. The van der Waals surface area contributed by atoms with Gasteiger partial charge in [-0.3, -0.25) is 9.78 Å². The summed E-state index contributed by atoms with van der Waals surface area (Å²) < 4.78 is 71.0. The van der Waals surface area contributed by atoms with Crippen LogP contribution in [0.3, 0.4) is 0 Å². The van der Waals surface area contributed by atoms with Crippen LogP contribution < -0.4 is 10.1 Å². The predicted octanol–water partition coefficient (Wildman–Crippen LogP) is 8.59. The molecule has 6 aromatic rings. The monoisotopic (exact) mass is 726 g/mol. The lowest BCUT2D eigenvalue weighted by atomic mass is 9.93. The van der Waals surface area contributed by atoms with Gasteiger partial charge < -0.3 is 19.4 Å². The lowest BCUT2D eigenvalue weighted by Crippen LogP contribution is -2.22. The van der Waals surface area contributed by atoms with Gasteiger partial charge in [-0.15, -0.1) is 21.5 Å². The minimum Gasteiger partial charge on any atom is -0.493 e. The molecule has 1 saturated heterocycles. The third-order valence-corrected chi connectivity index (χ3v) is 11.4. The van der Waals surface area contributed by atoms with Gasteiger partial charge in [-0.05, 0) is 72.5 Å². The van der Waals surface area contributed by atoms with E-state index in [0.29, 0.717) is 68.8 Å². The first-order valence-electron chi connectivity index (χ1n) is 16.9. The molecule has 0 radical (unpaired) electrons. The number of ether oxygens (including phenoxy) is 1. The highest BCUT2D eigenvalue weighted by atomic mass is 32.1. The minimum atomic E-state index is -2.11. The van der Waals surface area contributed by atoms with Crippen LogP contribution in [0.15, 0.2) is 59.1 Å². The molecule has 3 aliphatic rings. The molecule has 2 aromatic carbocycles. The second kappa shape index (κ2) is 12.4. The molecule has 0 unspecified atom stereocenters. The molecule has 0 spiro atoms. The van der Waals surface area contributed by atoms with Crippen molar-refractivity contribution in [3.63, 3.8) is 0 Å². The first kappa shape index (κ1) is 32.5. The van der Waals surface area contributed by atoms with E-state index in [0.717, 1.165) is 29.9 Å². The number of benzene rings is 2. The van der Waals surface area contributed by atoms with E-state index in [-0.39, 0.29) is 40.5 Å². The van der Waals surface area contributed by atoms with Gasteiger partial charge in [0.2, 0.25) is 11.8 Å². The van der Waals surface area contributed by atoms with Gasteiger partial charge in [-0.1, -0.05) is 18.2 Å². The Balaban J connectivity index is 1.20. The number of nitrogens with zero attached hydrogens (tertiary/aromatic N) is 5. The van der Waals surface area contributed by atoms with Crippen molar-refractivity contribution in [3.8, 4) is 27.6 Å². The molecule has 2 aliphatic heterocycles. The largest absolute Gasteiger partial charge is 0.493 e. The maximum absolute atomic E-state index is 15.7. The number of amides is 1. The van der Waals surface area contributed by atoms with Crippen LogP contribution in [0.5, 0.6) is 5.75 Å². The minimum absolute atomic E-state index is 0.130. The van der Waals surface area contributed by atoms with Crippen LogP contribution >= 0.6 is 11.3 Å². The number of hydrogen-bond donors (Lipinski definition) is 1. The number of halogens is 4. The van der Waals surface area contributed by atoms with E-state index in [1.807, 2.05) is 11.0 Å². The highest BCUT2D eigenvalue weighted by Crippen LogP contribution is 2.52. The molecule has 0 bridgehead atoms. The van der Waals surface area contributed by atoms with Crippen LogP contribution in [0.1, 0.15) is 75.4 Å². The summed E-state index contributed by atoms with van der Waals surface area (Å²) in [7, 11) is 1.22. The maximum atomic E-state index is 15.7. The number of anilines is 1. The van der Waals surface area contributed by atoms with Crippen molar-refractivity contribution in [1.82, 2.24) is 25.1 Å². The number of hydrogen-bond acceptors (Lipinski definition) is 9. The molecular weight excluding hydrogens is 697 g/mol. The lowest BCUT2D eigenvalue weighted by molar-refractivity contribution is 0.0776. The number of carbonyl (C=O) groups excluding carboxylic acids is 1. The van der Waals surface area contributed by atoms with E-state index < -0.39 is 24.2 Å². The molecule has 9 nitrogen and oxygen atoms in total. The van der Waals surface area contributed by atoms with E-state index in [9.17, 15) is 13.6 Å². The Hall–Kier alpha value is -5.37. The van der Waals surface area contributed by atoms with Crippen LogP contribution in [0.2, 0.25) is 0 Å². The molecular formula is C38H30F4N6O3S. The molecule has 9 rings (SSSR count). The summed E-state index contributed by atoms with van der Waals surface area (Å²) in [5.74, 6) is -0.701. The summed E-state index contributed by atoms with van der Waals surface area (Å²) >= 11 is 1.33. The van der Waals surface area contributed by atoms with Crippen LogP contribution in [-0.4, -0.2) is 50.8 Å². The Morgan fingerprint density at radius 3 is 2.63 bits per heavy atom. The second-order valence-electron chi connectivity index (χ2n) is 13.2. The van der Waals surface area contributed by atoms with E-state index in [2.05, 4.69) is 20.5 Å². The predicted molar refractivity (Wildman–Crippen MR) is 186 cm³/mol. The van der Waals surface area contributed by atoms with Gasteiger partial charge in [0, 0.05) is 35.7 Å². The van der Waals surface area contributed by atoms with Crippen LogP contribution in [0.25, 0.3) is 32.0 Å². The molecule has 1 amide bonds. The molecule has 6 heterocycles. The average Bonchev–Trinajstić information content (AvgIpc) is 3.97. The second-order valence-corrected chi connectivity index (χ2v) is 14.3. The summed E-state index contributed by atoms with van der Waals surface area (Å²) in [6.45, 7) is 2.30. The van der Waals surface area contributed by atoms with Crippen LogP contribution in [-0.2, 0) is 12.8 Å². The number of carbonyl (C=O) groups is 1. The van der Waals surface area contributed by atoms with Gasteiger partial charge in [-0.25, -0.2) is 22.5 Å². The van der Waals surface area contributed by atoms with E-state index in [1.54, 1.807) is 31.3 Å². The number of thiophene rings is 1. The molecule has 264 valence electrons. The number of rotatable bonds is 8. The summed E-state index contributed by atoms with van der Waals surface area (Å²) in [6, 6.07) is 11.2. The maximum Gasteiger partial charge on any atom is 0.257 e. The Labute approximate surface area is 298 Å². The van der Waals surface area contributed by atoms with Crippen molar-refractivity contribution in [3.05, 3.63) is 106 Å². The fourth-order valence-electron chi connectivity index (χ4n) is 7.87. The van der Waals surface area contributed by atoms with E-state index >= 15 is 8.78 Å². The van der Waals surface area contributed by atoms with Gasteiger partial charge in [-0.2, -0.15) is 0 Å². The molecule has 14 heteroatoms. The van der Waals surface area contributed by atoms with Crippen molar-refractivity contribution in [1.29, 1.82) is 0 Å². The molecule has 4 atom stereocenters. The Morgan fingerprint density at radius 2 is 1.87 bits per heavy atom. The molecule has 1 fully saturated rings. The molecule has 4 aromatic heterocycles. The summed E-state index contributed by atoms with van der Waals surface area (Å²) in [5, 5.41) is 12.3. The van der Waals surface area contributed by atoms with Crippen molar-refractivity contribution < 1.29 is 31.5 Å². The Bertz CT molecular complexity index is 2400. The number of fused-ring (bicyclic) bond motifs is 5. The standard InChI is InChI=1S/C38H30F4N6O3S/c1-17-46-47-37(51-17)27-23(12-7-18-5-8-20(39)9-6-18)44-33-24-4-3-15-48(24)38(49)29(33)28(27)25-16-19-13-14-43-36(35(19)52-25)45-32-21-10-11-22(40)34(50-2)26(21)30(41)31(32)42/h5-6,8-11,13-14,16,24,30-32H,3-4,7,12,15H2,1-2H3,(H,43,45)/t24-,30+,31-,32-/m0/s1.